The third-order valence-electron chi connectivity index (χ3n) is 10.8. The van der Waals surface area contributed by atoms with Crippen LogP contribution in [0.3, 0.4) is 0 Å². The molecule has 8 bridgehead atoms. The van der Waals surface area contributed by atoms with Crippen LogP contribution in [-0.4, -0.2) is 44.2 Å². The van der Waals surface area contributed by atoms with Crippen LogP contribution >= 0.6 is 0 Å². The molecule has 3 aromatic heterocycles. The number of aromatic nitrogens is 4. The molecule has 7 aromatic rings. The van der Waals surface area contributed by atoms with Gasteiger partial charge in [0.05, 0.1) is 56.8 Å². The number of methoxy groups -OCH3 is 4. The van der Waals surface area contributed by atoms with Crippen LogP contribution in [-0.2, 0) is 17.1 Å². The van der Waals surface area contributed by atoms with Gasteiger partial charge in [-0.05, 0) is 117 Å². The Bertz CT molecular complexity index is 3100. The number of fused-ring (bicyclic) bond motifs is 10. The van der Waals surface area contributed by atoms with E-state index in [1.165, 1.54) is 0 Å². The first kappa shape index (κ1) is 37.4. The molecular formula is C49H34CuN4O5. The molecule has 2 aliphatic heterocycles. The summed E-state index contributed by atoms with van der Waals surface area (Å²) in [6, 6.07) is 37.1. The number of hydrogen-bond donors (Lipinski definition) is 0. The van der Waals surface area contributed by atoms with Crippen LogP contribution in [0.25, 0.3) is 90.4 Å². The number of benzene rings is 4. The maximum atomic E-state index is 14.5. The molecule has 0 N–H and O–H groups in total. The predicted octanol–water partition coefficient (Wildman–Crippen LogP) is 10.2. The number of Topliss-reactive ketones (excluding diaryl/α,β-unsaturated/α-hetero) is 1. The number of nitrogens with zero attached hydrogens (tertiary/aromatic N) is 4. The van der Waals surface area contributed by atoms with E-state index in [0.717, 1.165) is 50.3 Å². The van der Waals surface area contributed by atoms with Crippen LogP contribution in [0.15, 0.2) is 115 Å². The van der Waals surface area contributed by atoms with Gasteiger partial charge in [-0.25, -0.2) is 9.97 Å². The monoisotopic (exact) mass is 821 g/mol. The van der Waals surface area contributed by atoms with Crippen molar-refractivity contribution in [1.82, 2.24) is 19.9 Å². The van der Waals surface area contributed by atoms with Gasteiger partial charge in [-0.2, -0.15) is 0 Å². The van der Waals surface area contributed by atoms with E-state index in [1.807, 2.05) is 133 Å². The Morgan fingerprint density at radius 1 is 0.458 bits per heavy atom. The zero-order valence-electron chi connectivity index (χ0n) is 32.3. The van der Waals surface area contributed by atoms with Gasteiger partial charge >= 0.3 is 17.1 Å². The van der Waals surface area contributed by atoms with E-state index in [0.29, 0.717) is 73.2 Å². The molecule has 0 unspecified atom stereocenters. The summed E-state index contributed by atoms with van der Waals surface area (Å²) in [6.07, 6.45) is 5.92. The Hall–Kier alpha value is -7.13. The molecule has 4 aromatic carbocycles. The molecule has 59 heavy (non-hydrogen) atoms. The predicted molar refractivity (Wildman–Crippen MR) is 228 cm³/mol. The molecule has 1 radical (unpaired) electrons. The molecule has 9 nitrogen and oxygen atoms in total. The molecule has 0 spiro atoms. The largest absolute Gasteiger partial charge is 2.00 e. The smallest absolute Gasteiger partial charge is 0.657 e. The van der Waals surface area contributed by atoms with Gasteiger partial charge < -0.3 is 28.9 Å². The van der Waals surface area contributed by atoms with Crippen molar-refractivity contribution in [2.75, 3.05) is 28.4 Å². The van der Waals surface area contributed by atoms with Gasteiger partial charge in [-0.1, -0.05) is 60.7 Å². The van der Waals surface area contributed by atoms with E-state index < -0.39 is 0 Å². The van der Waals surface area contributed by atoms with Gasteiger partial charge in [-0.3, -0.25) is 4.79 Å². The maximum absolute atomic E-state index is 14.5. The molecule has 0 saturated heterocycles. The summed E-state index contributed by atoms with van der Waals surface area (Å²) in [5, 5.41) is 0. The van der Waals surface area contributed by atoms with Crippen LogP contribution in [0.5, 0.6) is 23.0 Å². The molecule has 0 atom stereocenters. The second-order valence-corrected chi connectivity index (χ2v) is 14.0. The maximum Gasteiger partial charge on any atom is 2.00 e. The third kappa shape index (κ3) is 6.30. The molecule has 0 amide bonds. The first-order chi connectivity index (χ1) is 28.4. The van der Waals surface area contributed by atoms with Crippen LogP contribution < -0.4 is 28.9 Å². The zero-order valence-corrected chi connectivity index (χ0v) is 33.3. The second kappa shape index (κ2) is 15.0. The van der Waals surface area contributed by atoms with Crippen LogP contribution in [0.2, 0.25) is 0 Å². The fourth-order valence-corrected chi connectivity index (χ4v) is 8.04. The standard InChI is InChI=1S/C49H35N4O5.Cu/c1-55-30-11-5-8-27(22-30)44-37-16-17-38(50-37)45(28-9-6-12-31(23-28)56-2)40-20-21-42(52-40)47-35-25-33(58-4)14-15-34(35)49(54)36-26-43(53-48(36)47)46(41-19-18-39(44)51-41)29-10-7-13-32(24-29)57-3;/h5-26H,1-4H3,(H-,50,51,52,53,54);/q-1;+2/p-1. The van der Waals surface area contributed by atoms with Gasteiger partial charge in [0.1, 0.15) is 23.0 Å². The molecular weight excluding hydrogens is 788 g/mol. The fraction of sp³-hybridized carbons (Fsp3) is 0.0816. The molecule has 10 rings (SSSR count). The van der Waals surface area contributed by atoms with E-state index in [-0.39, 0.29) is 22.9 Å². The summed E-state index contributed by atoms with van der Waals surface area (Å²) < 4.78 is 22.7. The first-order valence-electron chi connectivity index (χ1n) is 18.7. The Labute approximate surface area is 350 Å². The second-order valence-electron chi connectivity index (χ2n) is 14.0. The van der Waals surface area contributed by atoms with Crippen LogP contribution in [0, 0.1) is 0 Å². The average Bonchev–Trinajstić information content (AvgIpc) is 4.11. The SMILES string of the molecule is COc1cccc(-c2c3nc(c(-c4cccc(OC)c4)c4ccc([n-]4)c4c5nc(c(-c6cccc(OC)c6)c6ccc2[n-]6)C=C5C(=O)c2ccc(OC)cc2-4)C=C3)c1.[Cu+2]. The molecule has 10 heteroatoms. The normalized spacial score (nSPS) is 12.3. The molecule has 0 fully saturated rings. The summed E-state index contributed by atoms with van der Waals surface area (Å²) in [7, 11) is 6.56. The fourth-order valence-electron chi connectivity index (χ4n) is 8.04. The van der Waals surface area contributed by atoms with Crippen molar-refractivity contribution in [3.8, 4) is 67.5 Å². The molecule has 3 aliphatic rings. The number of ether oxygens (including phenoxy) is 4. The Balaban J connectivity index is 0.00000449. The van der Waals surface area contributed by atoms with Crippen molar-refractivity contribution >= 4 is 51.7 Å². The minimum absolute atomic E-state index is 0. The van der Waals surface area contributed by atoms with Crippen molar-refractivity contribution in [3.63, 3.8) is 0 Å². The Kier molecular flexibility index (Phi) is 9.51. The number of carbonyl (C=O) groups excluding carboxylic acids is 1. The molecule has 0 saturated carbocycles. The quantitative estimate of drug-likeness (QED) is 0.145. The molecule has 5 heterocycles. The first-order valence-corrected chi connectivity index (χ1v) is 18.7. The Morgan fingerprint density at radius 2 is 0.898 bits per heavy atom. The molecule has 291 valence electrons. The van der Waals surface area contributed by atoms with Crippen molar-refractivity contribution < 1.29 is 40.8 Å². The minimum Gasteiger partial charge on any atom is -0.657 e. The zero-order chi connectivity index (χ0) is 39.5. The number of allylic oxidation sites excluding steroid dienone is 1. The van der Waals surface area contributed by atoms with E-state index in [2.05, 4.69) is 0 Å². The summed E-state index contributed by atoms with van der Waals surface area (Å²) >= 11 is 0. The van der Waals surface area contributed by atoms with Gasteiger partial charge in [0.2, 0.25) is 0 Å². The van der Waals surface area contributed by atoms with Gasteiger partial charge in [0, 0.05) is 5.56 Å². The summed E-state index contributed by atoms with van der Waals surface area (Å²) in [5.41, 5.74) is 12.7. The number of rotatable bonds is 7. The summed E-state index contributed by atoms with van der Waals surface area (Å²) in [4.78, 5) is 35.8. The third-order valence-corrected chi connectivity index (χ3v) is 10.8. The van der Waals surface area contributed by atoms with Crippen molar-refractivity contribution in [2.24, 2.45) is 0 Å². The topological polar surface area (TPSA) is 108 Å². The van der Waals surface area contributed by atoms with E-state index >= 15 is 0 Å². The number of carbonyl (C=O) groups is 1. The molecule has 1 aliphatic carbocycles. The van der Waals surface area contributed by atoms with Gasteiger partial charge in [0.15, 0.2) is 5.78 Å². The van der Waals surface area contributed by atoms with E-state index in [1.54, 1.807) is 28.4 Å². The average molecular weight is 822 g/mol. The number of hydrogen-bond acceptors (Lipinski definition) is 7. The van der Waals surface area contributed by atoms with Crippen molar-refractivity contribution in [3.05, 3.63) is 144 Å². The van der Waals surface area contributed by atoms with Crippen molar-refractivity contribution in [1.29, 1.82) is 0 Å². The minimum atomic E-state index is -0.133. The Morgan fingerprint density at radius 3 is 1.37 bits per heavy atom. The van der Waals surface area contributed by atoms with Gasteiger partial charge in [0.25, 0.3) is 0 Å². The van der Waals surface area contributed by atoms with Crippen LogP contribution in [0.4, 0.5) is 0 Å². The van der Waals surface area contributed by atoms with Crippen molar-refractivity contribution in [2.45, 2.75) is 0 Å². The summed E-state index contributed by atoms with van der Waals surface area (Å²) in [6.45, 7) is 0. The van der Waals surface area contributed by atoms with Crippen LogP contribution in [0.1, 0.15) is 33.1 Å². The van der Waals surface area contributed by atoms with E-state index in [4.69, 9.17) is 38.9 Å². The number of ketones is 1. The summed E-state index contributed by atoms with van der Waals surface area (Å²) in [5.74, 6) is 2.57. The van der Waals surface area contributed by atoms with E-state index in [9.17, 15) is 4.79 Å². The van der Waals surface area contributed by atoms with Gasteiger partial charge in [-0.15, -0.1) is 22.1 Å².